The van der Waals surface area contributed by atoms with Crippen LogP contribution in [0.15, 0.2) is 5.38 Å². The van der Waals surface area contributed by atoms with E-state index in [0.29, 0.717) is 5.01 Å². The highest BCUT2D eigenvalue weighted by Crippen LogP contribution is 2.42. The van der Waals surface area contributed by atoms with Gasteiger partial charge in [0, 0.05) is 11.3 Å². The summed E-state index contributed by atoms with van der Waals surface area (Å²) in [6, 6.07) is -0.253. The molecule has 0 bridgehead atoms. The summed E-state index contributed by atoms with van der Waals surface area (Å²) in [5, 5.41) is 14.0. The lowest BCUT2D eigenvalue weighted by Crippen LogP contribution is -2.37. The van der Waals surface area contributed by atoms with Crippen LogP contribution in [-0.4, -0.2) is 22.0 Å². The van der Waals surface area contributed by atoms with Crippen molar-refractivity contribution >= 4 is 23.2 Å². The zero-order valence-electron chi connectivity index (χ0n) is 12.0. The molecule has 110 valence electrons. The zero-order valence-corrected chi connectivity index (χ0v) is 12.8. The molecule has 0 aliphatic heterocycles. The highest BCUT2D eigenvalue weighted by molar-refractivity contribution is 7.09. The number of amides is 1. The molecule has 0 aromatic carbocycles. The Kier molecular flexibility index (Phi) is 4.13. The molecular weight excluding hydrogens is 276 g/mol. The first-order valence-electron chi connectivity index (χ1n) is 6.80. The first kappa shape index (κ1) is 15.0. The molecule has 1 fully saturated rings. The predicted octanol–water partition coefficient (Wildman–Crippen LogP) is 2.84. The summed E-state index contributed by atoms with van der Waals surface area (Å²) in [4.78, 5) is 27.2. The normalized spacial score (nSPS) is 22.4. The second-order valence-corrected chi connectivity index (χ2v) is 6.93. The molecule has 2 unspecified atom stereocenters. The minimum atomic E-state index is -1.04. The van der Waals surface area contributed by atoms with E-state index in [1.165, 1.54) is 16.7 Å². The van der Waals surface area contributed by atoms with Crippen molar-refractivity contribution < 1.29 is 14.7 Å². The molecular formula is C14H20N2O3S. The van der Waals surface area contributed by atoms with Gasteiger partial charge in [-0.2, -0.15) is 0 Å². The Morgan fingerprint density at radius 3 is 2.75 bits per heavy atom. The first-order valence-corrected chi connectivity index (χ1v) is 7.68. The van der Waals surface area contributed by atoms with Gasteiger partial charge in [-0.1, -0.05) is 20.3 Å². The Morgan fingerprint density at radius 1 is 1.55 bits per heavy atom. The number of nitrogens with one attached hydrogen (secondary N) is 1. The number of rotatable bonds is 4. The maximum Gasteiger partial charge on any atom is 0.355 e. The van der Waals surface area contributed by atoms with Gasteiger partial charge < -0.3 is 10.4 Å². The number of carboxylic acids is 1. The van der Waals surface area contributed by atoms with Gasteiger partial charge in [-0.05, 0) is 25.2 Å². The first-order chi connectivity index (χ1) is 9.31. The van der Waals surface area contributed by atoms with E-state index in [0.717, 1.165) is 19.3 Å². The third kappa shape index (κ3) is 3.00. The van der Waals surface area contributed by atoms with Crippen LogP contribution in [0.25, 0.3) is 0 Å². The van der Waals surface area contributed by atoms with E-state index < -0.39 is 5.97 Å². The van der Waals surface area contributed by atoms with Gasteiger partial charge in [-0.3, -0.25) is 4.79 Å². The molecule has 1 aliphatic rings. The van der Waals surface area contributed by atoms with Crippen molar-refractivity contribution in [2.24, 2.45) is 11.3 Å². The van der Waals surface area contributed by atoms with Crippen LogP contribution in [0.4, 0.5) is 0 Å². The average Bonchev–Trinajstić information content (AvgIpc) is 2.94. The molecule has 2 atom stereocenters. The number of carbonyl (C=O) groups excluding carboxylic acids is 1. The summed E-state index contributed by atoms with van der Waals surface area (Å²) in [5.74, 6) is -0.959. The Bertz CT molecular complexity index is 524. The van der Waals surface area contributed by atoms with Gasteiger partial charge in [0.15, 0.2) is 5.69 Å². The molecule has 1 aromatic rings. The molecule has 0 radical (unpaired) electrons. The lowest BCUT2D eigenvalue weighted by atomic mass is 9.81. The predicted molar refractivity (Wildman–Crippen MR) is 76.8 cm³/mol. The minimum absolute atomic E-state index is 0.0313. The number of carboxylic acid groups (broad SMARTS) is 1. The molecule has 0 spiro atoms. The van der Waals surface area contributed by atoms with Gasteiger partial charge in [-0.25, -0.2) is 9.78 Å². The second kappa shape index (κ2) is 5.52. The van der Waals surface area contributed by atoms with Crippen molar-refractivity contribution in [1.29, 1.82) is 0 Å². The van der Waals surface area contributed by atoms with Gasteiger partial charge in [0.05, 0.1) is 6.04 Å². The van der Waals surface area contributed by atoms with E-state index in [4.69, 9.17) is 5.11 Å². The molecule has 1 amide bonds. The number of thiazole rings is 1. The monoisotopic (exact) mass is 296 g/mol. The van der Waals surface area contributed by atoms with E-state index in [2.05, 4.69) is 24.1 Å². The third-order valence-electron chi connectivity index (χ3n) is 4.04. The van der Waals surface area contributed by atoms with E-state index in [9.17, 15) is 9.59 Å². The maximum absolute atomic E-state index is 12.3. The summed E-state index contributed by atoms with van der Waals surface area (Å²) in [7, 11) is 0. The average molecular weight is 296 g/mol. The Labute approximate surface area is 122 Å². The number of carbonyl (C=O) groups is 2. The Balaban J connectivity index is 2.01. The van der Waals surface area contributed by atoms with E-state index in [-0.39, 0.29) is 29.0 Å². The molecule has 0 saturated heterocycles. The minimum Gasteiger partial charge on any atom is -0.476 e. The fraction of sp³-hybridized carbons (Fsp3) is 0.643. The van der Waals surface area contributed by atoms with Crippen LogP contribution >= 0.6 is 11.3 Å². The largest absolute Gasteiger partial charge is 0.476 e. The SMILES string of the molecule is CC(NC(=O)C1CCCC1(C)C)c1nc(C(=O)O)cs1. The van der Waals surface area contributed by atoms with Crippen LogP contribution in [0.2, 0.25) is 0 Å². The molecule has 2 N–H and O–H groups in total. The molecule has 20 heavy (non-hydrogen) atoms. The van der Waals surface area contributed by atoms with Gasteiger partial charge >= 0.3 is 5.97 Å². The lowest BCUT2D eigenvalue weighted by Gasteiger charge is -2.27. The van der Waals surface area contributed by atoms with Crippen LogP contribution in [0.1, 0.15) is 61.6 Å². The molecule has 1 aromatic heterocycles. The van der Waals surface area contributed by atoms with Gasteiger partial charge in [0.25, 0.3) is 0 Å². The highest BCUT2D eigenvalue weighted by atomic mass is 32.1. The number of aromatic carboxylic acids is 1. The summed E-state index contributed by atoms with van der Waals surface area (Å²) in [6.07, 6.45) is 3.07. The Morgan fingerprint density at radius 2 is 2.25 bits per heavy atom. The number of aromatic nitrogens is 1. The maximum atomic E-state index is 12.3. The molecule has 2 rings (SSSR count). The van der Waals surface area contributed by atoms with Crippen LogP contribution in [0.3, 0.4) is 0 Å². The van der Waals surface area contributed by atoms with Crippen molar-refractivity contribution in [2.75, 3.05) is 0 Å². The van der Waals surface area contributed by atoms with Crippen LogP contribution in [0.5, 0.6) is 0 Å². The number of hydrogen-bond acceptors (Lipinski definition) is 4. The third-order valence-corrected chi connectivity index (χ3v) is 5.07. The van der Waals surface area contributed by atoms with Crippen molar-refractivity contribution in [2.45, 2.75) is 46.1 Å². The lowest BCUT2D eigenvalue weighted by molar-refractivity contribution is -0.128. The van der Waals surface area contributed by atoms with Crippen molar-refractivity contribution in [3.05, 3.63) is 16.1 Å². The number of nitrogens with zero attached hydrogens (tertiary/aromatic N) is 1. The van der Waals surface area contributed by atoms with Gasteiger partial charge in [-0.15, -0.1) is 11.3 Å². The van der Waals surface area contributed by atoms with Crippen LogP contribution in [-0.2, 0) is 4.79 Å². The summed E-state index contributed by atoms with van der Waals surface area (Å²) < 4.78 is 0. The van der Waals surface area contributed by atoms with Crippen molar-refractivity contribution in [3.8, 4) is 0 Å². The van der Waals surface area contributed by atoms with Gasteiger partial charge in [0.2, 0.25) is 5.91 Å². The van der Waals surface area contributed by atoms with E-state index in [1.807, 2.05) is 6.92 Å². The zero-order chi connectivity index (χ0) is 14.9. The smallest absolute Gasteiger partial charge is 0.355 e. The van der Waals surface area contributed by atoms with Crippen molar-refractivity contribution in [1.82, 2.24) is 10.3 Å². The van der Waals surface area contributed by atoms with E-state index >= 15 is 0 Å². The summed E-state index contributed by atoms with van der Waals surface area (Å²) in [5.41, 5.74) is 0.0751. The van der Waals surface area contributed by atoms with Crippen molar-refractivity contribution in [3.63, 3.8) is 0 Å². The standard InChI is InChI=1S/C14H20N2O3S/c1-8(12-16-10(7-20-12)13(18)19)15-11(17)9-5-4-6-14(9,2)3/h7-9H,4-6H2,1-3H3,(H,15,17)(H,18,19). The molecule has 1 aliphatic carbocycles. The molecule has 1 saturated carbocycles. The molecule has 6 heteroatoms. The Hall–Kier alpha value is -1.43. The second-order valence-electron chi connectivity index (χ2n) is 6.04. The van der Waals surface area contributed by atoms with Gasteiger partial charge in [0.1, 0.15) is 5.01 Å². The fourth-order valence-corrected chi connectivity index (χ4v) is 3.57. The summed E-state index contributed by atoms with van der Waals surface area (Å²) in [6.45, 7) is 6.09. The molecule has 5 nitrogen and oxygen atoms in total. The topological polar surface area (TPSA) is 79.3 Å². The quantitative estimate of drug-likeness (QED) is 0.895. The van der Waals surface area contributed by atoms with E-state index in [1.54, 1.807) is 0 Å². The number of hydrogen-bond donors (Lipinski definition) is 2. The molecule has 1 heterocycles. The highest BCUT2D eigenvalue weighted by Gasteiger charge is 2.39. The van der Waals surface area contributed by atoms with Crippen LogP contribution < -0.4 is 5.32 Å². The summed E-state index contributed by atoms with van der Waals surface area (Å²) >= 11 is 1.26. The fourth-order valence-electron chi connectivity index (χ4n) is 2.77. The van der Waals surface area contributed by atoms with Crippen LogP contribution in [0, 0.1) is 11.3 Å².